The van der Waals surface area contributed by atoms with Crippen LogP contribution in [0.2, 0.25) is 0 Å². The van der Waals surface area contributed by atoms with E-state index in [1.54, 1.807) is 0 Å². The van der Waals surface area contributed by atoms with E-state index in [2.05, 4.69) is 5.32 Å². The first-order valence-corrected chi connectivity index (χ1v) is 9.52. The molecule has 3 rings (SSSR count). The molecule has 1 saturated heterocycles. The van der Waals surface area contributed by atoms with Gasteiger partial charge in [-0.05, 0) is 25.0 Å². The van der Waals surface area contributed by atoms with Gasteiger partial charge < -0.3 is 9.73 Å². The highest BCUT2D eigenvalue weighted by atomic mass is 32.2. The molecule has 0 bridgehead atoms. The first-order chi connectivity index (χ1) is 10.9. The maximum atomic E-state index is 12.4. The highest BCUT2D eigenvalue weighted by Gasteiger charge is 2.34. The molecular formula is C16H20N2O4S. The Labute approximate surface area is 135 Å². The maximum Gasteiger partial charge on any atom is 0.238 e. The van der Waals surface area contributed by atoms with Crippen molar-refractivity contribution in [3.63, 3.8) is 0 Å². The molecule has 1 aromatic carbocycles. The van der Waals surface area contributed by atoms with Crippen LogP contribution in [0.25, 0.3) is 11.0 Å². The predicted molar refractivity (Wildman–Crippen MR) is 87.2 cm³/mol. The van der Waals surface area contributed by atoms with Crippen LogP contribution in [0.15, 0.2) is 34.7 Å². The van der Waals surface area contributed by atoms with E-state index in [1.165, 1.54) is 4.31 Å². The van der Waals surface area contributed by atoms with Crippen molar-refractivity contribution < 1.29 is 17.6 Å². The average molecular weight is 336 g/mol. The SMILES string of the molecule is CS(=O)(=O)N1CCCC[C@@H]1C(=O)NCc1cc2ccccc2o1. The Hall–Kier alpha value is -1.86. The number of furan rings is 1. The number of fused-ring (bicyclic) bond motifs is 1. The van der Waals surface area contributed by atoms with E-state index in [4.69, 9.17) is 4.42 Å². The van der Waals surface area contributed by atoms with Gasteiger partial charge in [0, 0.05) is 11.9 Å². The van der Waals surface area contributed by atoms with Crippen molar-refractivity contribution in [1.29, 1.82) is 0 Å². The molecule has 0 spiro atoms. The van der Waals surface area contributed by atoms with Crippen molar-refractivity contribution in [3.05, 3.63) is 36.1 Å². The number of rotatable bonds is 4. The Morgan fingerprint density at radius 3 is 2.87 bits per heavy atom. The number of hydrogen-bond acceptors (Lipinski definition) is 4. The van der Waals surface area contributed by atoms with E-state index in [0.717, 1.165) is 30.1 Å². The number of benzene rings is 1. The van der Waals surface area contributed by atoms with Gasteiger partial charge in [-0.3, -0.25) is 4.79 Å². The lowest BCUT2D eigenvalue weighted by atomic mass is 10.0. The first kappa shape index (κ1) is 16.0. The Morgan fingerprint density at radius 2 is 2.13 bits per heavy atom. The van der Waals surface area contributed by atoms with Gasteiger partial charge in [-0.15, -0.1) is 0 Å². The van der Waals surface area contributed by atoms with Crippen molar-refractivity contribution in [3.8, 4) is 0 Å². The third-order valence-corrected chi connectivity index (χ3v) is 5.38. The van der Waals surface area contributed by atoms with Crippen LogP contribution in [0, 0.1) is 0 Å². The zero-order chi connectivity index (χ0) is 16.4. The minimum atomic E-state index is -3.37. The van der Waals surface area contributed by atoms with Gasteiger partial charge in [0.1, 0.15) is 17.4 Å². The molecule has 1 N–H and O–H groups in total. The van der Waals surface area contributed by atoms with E-state index >= 15 is 0 Å². The van der Waals surface area contributed by atoms with Crippen LogP contribution in [0.3, 0.4) is 0 Å². The summed E-state index contributed by atoms with van der Waals surface area (Å²) in [6.45, 7) is 0.656. The fourth-order valence-electron chi connectivity index (χ4n) is 2.98. The molecule has 0 aliphatic carbocycles. The largest absolute Gasteiger partial charge is 0.459 e. The van der Waals surface area contributed by atoms with Crippen LogP contribution in [0.1, 0.15) is 25.0 Å². The van der Waals surface area contributed by atoms with E-state index in [0.29, 0.717) is 18.7 Å². The summed E-state index contributed by atoms with van der Waals surface area (Å²) < 4.78 is 30.6. The van der Waals surface area contributed by atoms with Gasteiger partial charge in [0.25, 0.3) is 0 Å². The molecule has 6 nitrogen and oxygen atoms in total. The monoisotopic (exact) mass is 336 g/mol. The second-order valence-electron chi connectivity index (χ2n) is 5.85. The van der Waals surface area contributed by atoms with Gasteiger partial charge in [-0.1, -0.05) is 24.6 Å². The third-order valence-electron chi connectivity index (χ3n) is 4.10. The molecule has 0 saturated carbocycles. The summed E-state index contributed by atoms with van der Waals surface area (Å²) in [6.07, 6.45) is 3.35. The number of carbonyl (C=O) groups excluding carboxylic acids is 1. The number of piperidine rings is 1. The predicted octanol–water partition coefficient (Wildman–Crippen LogP) is 1.86. The standard InChI is InChI=1S/C16H20N2O4S/c1-23(20,21)18-9-5-4-7-14(18)16(19)17-11-13-10-12-6-2-3-8-15(12)22-13/h2-3,6,8,10,14H,4-5,7,9,11H2,1H3,(H,17,19)/t14-/m1/s1. The fraction of sp³-hybridized carbons (Fsp3) is 0.438. The van der Waals surface area contributed by atoms with E-state index < -0.39 is 16.1 Å². The molecule has 1 amide bonds. The Morgan fingerprint density at radius 1 is 1.35 bits per heavy atom. The Bertz CT molecular complexity index is 779. The lowest BCUT2D eigenvalue weighted by Gasteiger charge is -2.32. The molecule has 0 radical (unpaired) electrons. The van der Waals surface area contributed by atoms with E-state index in [-0.39, 0.29) is 12.5 Å². The molecule has 1 atom stereocenters. The molecule has 0 unspecified atom stereocenters. The van der Waals surface area contributed by atoms with Crippen molar-refractivity contribution in [2.24, 2.45) is 0 Å². The zero-order valence-electron chi connectivity index (χ0n) is 13.0. The number of carbonyl (C=O) groups is 1. The number of nitrogens with zero attached hydrogens (tertiary/aromatic N) is 1. The molecule has 1 aromatic heterocycles. The second kappa shape index (κ2) is 6.33. The zero-order valence-corrected chi connectivity index (χ0v) is 13.8. The minimum absolute atomic E-state index is 0.252. The molecule has 1 aliphatic rings. The third kappa shape index (κ3) is 3.56. The van der Waals surface area contributed by atoms with Crippen LogP contribution in [0.5, 0.6) is 0 Å². The van der Waals surface area contributed by atoms with Gasteiger partial charge in [0.05, 0.1) is 12.8 Å². The van der Waals surface area contributed by atoms with Crippen molar-refractivity contribution in [2.75, 3.05) is 12.8 Å². The molecule has 7 heteroatoms. The highest BCUT2D eigenvalue weighted by molar-refractivity contribution is 7.88. The maximum absolute atomic E-state index is 12.4. The summed E-state index contributed by atoms with van der Waals surface area (Å²) >= 11 is 0. The molecule has 124 valence electrons. The fourth-order valence-corrected chi connectivity index (χ4v) is 4.10. The molecule has 1 fully saturated rings. The number of nitrogens with one attached hydrogen (secondary N) is 1. The summed E-state index contributed by atoms with van der Waals surface area (Å²) in [7, 11) is -3.37. The molecular weight excluding hydrogens is 316 g/mol. The smallest absolute Gasteiger partial charge is 0.238 e. The van der Waals surface area contributed by atoms with E-state index in [1.807, 2.05) is 30.3 Å². The first-order valence-electron chi connectivity index (χ1n) is 7.67. The van der Waals surface area contributed by atoms with Crippen molar-refractivity contribution in [2.45, 2.75) is 31.8 Å². The van der Waals surface area contributed by atoms with Crippen LogP contribution >= 0.6 is 0 Å². The lowest BCUT2D eigenvalue weighted by Crippen LogP contribution is -2.51. The van der Waals surface area contributed by atoms with Crippen LogP contribution in [-0.2, 0) is 21.4 Å². The number of para-hydroxylation sites is 1. The second-order valence-corrected chi connectivity index (χ2v) is 7.79. The number of amides is 1. The Balaban J connectivity index is 1.68. The average Bonchev–Trinajstić information content (AvgIpc) is 2.94. The quantitative estimate of drug-likeness (QED) is 0.924. The normalized spacial score (nSPS) is 19.8. The van der Waals surface area contributed by atoms with Crippen molar-refractivity contribution >= 4 is 26.9 Å². The summed E-state index contributed by atoms with van der Waals surface area (Å²) in [4.78, 5) is 12.4. The number of hydrogen-bond donors (Lipinski definition) is 1. The van der Waals surface area contributed by atoms with Gasteiger partial charge in [-0.25, -0.2) is 8.42 Å². The molecule has 2 heterocycles. The Kier molecular flexibility index (Phi) is 4.41. The van der Waals surface area contributed by atoms with Gasteiger partial charge in [0.2, 0.25) is 15.9 Å². The lowest BCUT2D eigenvalue weighted by molar-refractivity contribution is -0.125. The highest BCUT2D eigenvalue weighted by Crippen LogP contribution is 2.21. The van der Waals surface area contributed by atoms with E-state index in [9.17, 15) is 13.2 Å². The van der Waals surface area contributed by atoms with Gasteiger partial charge in [0.15, 0.2) is 0 Å². The van der Waals surface area contributed by atoms with Crippen LogP contribution in [0.4, 0.5) is 0 Å². The molecule has 2 aromatic rings. The summed E-state index contributed by atoms with van der Waals surface area (Å²) in [5.74, 6) is 0.386. The molecule has 1 aliphatic heterocycles. The minimum Gasteiger partial charge on any atom is -0.459 e. The van der Waals surface area contributed by atoms with Gasteiger partial charge >= 0.3 is 0 Å². The topological polar surface area (TPSA) is 79.6 Å². The molecule has 23 heavy (non-hydrogen) atoms. The van der Waals surface area contributed by atoms with Crippen LogP contribution in [-0.4, -0.2) is 37.5 Å². The van der Waals surface area contributed by atoms with Gasteiger partial charge in [-0.2, -0.15) is 4.31 Å². The van der Waals surface area contributed by atoms with Crippen LogP contribution < -0.4 is 5.32 Å². The van der Waals surface area contributed by atoms with Crippen molar-refractivity contribution in [1.82, 2.24) is 9.62 Å². The summed E-state index contributed by atoms with van der Waals surface area (Å²) in [5.41, 5.74) is 0.771. The number of sulfonamides is 1. The summed E-state index contributed by atoms with van der Waals surface area (Å²) in [6, 6.07) is 8.88. The summed E-state index contributed by atoms with van der Waals surface area (Å²) in [5, 5.41) is 3.77.